The van der Waals surface area contributed by atoms with Gasteiger partial charge in [-0.2, -0.15) is 0 Å². The zero-order chi connectivity index (χ0) is 17.7. The Morgan fingerprint density at radius 2 is 1.84 bits per heavy atom. The van der Waals surface area contributed by atoms with Gasteiger partial charge in [0.15, 0.2) is 0 Å². The van der Waals surface area contributed by atoms with Crippen LogP contribution in [0, 0.1) is 0 Å². The smallest absolute Gasteiger partial charge is 0.271 e. The Morgan fingerprint density at radius 1 is 1.04 bits per heavy atom. The fourth-order valence-electron chi connectivity index (χ4n) is 2.09. The van der Waals surface area contributed by atoms with Crippen molar-refractivity contribution >= 4 is 33.0 Å². The molecule has 1 aromatic carbocycles. The number of nitrogens with one attached hydrogen (secondary N) is 2. The molecule has 0 fully saturated rings. The number of rotatable bonds is 6. The number of nitrogens with zero attached hydrogens (tertiary/aromatic N) is 1. The maximum atomic E-state index is 12.2. The van der Waals surface area contributed by atoms with E-state index in [-0.39, 0.29) is 10.1 Å². The van der Waals surface area contributed by atoms with Gasteiger partial charge < -0.3 is 5.32 Å². The van der Waals surface area contributed by atoms with E-state index in [9.17, 15) is 13.2 Å². The summed E-state index contributed by atoms with van der Waals surface area (Å²) < 4.78 is 27.0. The van der Waals surface area contributed by atoms with Gasteiger partial charge in [0.2, 0.25) is 0 Å². The van der Waals surface area contributed by atoms with Crippen LogP contribution in [0.15, 0.2) is 70.4 Å². The van der Waals surface area contributed by atoms with Crippen LogP contribution in [0.4, 0.5) is 5.69 Å². The summed E-state index contributed by atoms with van der Waals surface area (Å²) in [5.41, 5.74) is 1.60. The minimum absolute atomic E-state index is 0.240. The highest BCUT2D eigenvalue weighted by Crippen LogP contribution is 2.20. The molecule has 0 radical (unpaired) electrons. The Bertz CT molecular complexity index is 939. The molecule has 0 atom stereocenters. The lowest BCUT2D eigenvalue weighted by Crippen LogP contribution is -2.23. The standard InChI is InChI=1S/C17H15N3O3S2/c21-17(19-12-15-4-1-2-10-18-15)13-6-8-14(9-7-13)20-25(22,23)16-5-3-11-24-16/h1-11,20H,12H2,(H,19,21). The molecule has 0 aliphatic rings. The molecule has 128 valence electrons. The first-order valence-electron chi connectivity index (χ1n) is 7.39. The molecule has 0 aliphatic carbocycles. The molecule has 8 heteroatoms. The lowest BCUT2D eigenvalue weighted by molar-refractivity contribution is 0.0950. The van der Waals surface area contributed by atoms with Gasteiger partial charge in [-0.15, -0.1) is 11.3 Å². The average molecular weight is 373 g/mol. The fraction of sp³-hybridized carbons (Fsp3) is 0.0588. The van der Waals surface area contributed by atoms with Crippen molar-refractivity contribution in [2.24, 2.45) is 0 Å². The number of hydrogen-bond donors (Lipinski definition) is 2. The third-order valence-corrected chi connectivity index (χ3v) is 6.09. The molecule has 2 aromatic heterocycles. The quantitative estimate of drug-likeness (QED) is 0.695. The molecule has 3 aromatic rings. The van der Waals surface area contributed by atoms with Gasteiger partial charge in [-0.25, -0.2) is 8.42 Å². The number of anilines is 1. The first kappa shape index (κ1) is 17.1. The van der Waals surface area contributed by atoms with Gasteiger partial charge in [-0.1, -0.05) is 12.1 Å². The number of amides is 1. The van der Waals surface area contributed by atoms with Crippen molar-refractivity contribution in [1.82, 2.24) is 10.3 Å². The largest absolute Gasteiger partial charge is 0.346 e. The Kier molecular flexibility index (Phi) is 5.11. The molecule has 0 bridgehead atoms. The molecule has 1 amide bonds. The second kappa shape index (κ2) is 7.45. The van der Waals surface area contributed by atoms with Gasteiger partial charge in [-0.05, 0) is 47.8 Å². The van der Waals surface area contributed by atoms with Gasteiger partial charge in [0.05, 0.1) is 12.2 Å². The molecule has 0 spiro atoms. The molecule has 6 nitrogen and oxygen atoms in total. The summed E-state index contributed by atoms with van der Waals surface area (Å²) in [4.78, 5) is 16.3. The van der Waals surface area contributed by atoms with Crippen molar-refractivity contribution < 1.29 is 13.2 Å². The van der Waals surface area contributed by atoms with Crippen molar-refractivity contribution in [2.75, 3.05) is 4.72 Å². The van der Waals surface area contributed by atoms with E-state index in [0.29, 0.717) is 17.8 Å². The highest BCUT2D eigenvalue weighted by molar-refractivity contribution is 7.94. The molecular formula is C17H15N3O3S2. The van der Waals surface area contributed by atoms with Gasteiger partial charge in [0.1, 0.15) is 4.21 Å². The SMILES string of the molecule is O=C(NCc1ccccn1)c1ccc(NS(=O)(=O)c2cccs2)cc1. The van der Waals surface area contributed by atoms with E-state index in [1.54, 1.807) is 48.0 Å². The molecule has 25 heavy (non-hydrogen) atoms. The predicted octanol–water partition coefficient (Wildman–Crippen LogP) is 2.87. The molecule has 2 N–H and O–H groups in total. The average Bonchev–Trinajstić information content (AvgIpc) is 3.17. The normalized spacial score (nSPS) is 11.0. The zero-order valence-corrected chi connectivity index (χ0v) is 14.7. The van der Waals surface area contributed by atoms with Crippen molar-refractivity contribution in [3.63, 3.8) is 0 Å². The number of thiophene rings is 1. The van der Waals surface area contributed by atoms with Crippen LogP contribution in [-0.2, 0) is 16.6 Å². The second-order valence-corrected chi connectivity index (χ2v) is 7.98. The summed E-state index contributed by atoms with van der Waals surface area (Å²) in [6.45, 7) is 0.326. The van der Waals surface area contributed by atoms with Gasteiger partial charge in [0.25, 0.3) is 15.9 Å². The van der Waals surface area contributed by atoms with Crippen LogP contribution < -0.4 is 10.0 Å². The number of hydrogen-bond acceptors (Lipinski definition) is 5. The van der Waals surface area contributed by atoms with Crippen molar-refractivity contribution in [3.8, 4) is 0 Å². The molecule has 0 unspecified atom stereocenters. The number of carbonyl (C=O) groups is 1. The van der Waals surface area contributed by atoms with Crippen LogP contribution in [0.3, 0.4) is 0 Å². The Hall–Kier alpha value is -2.71. The van der Waals surface area contributed by atoms with E-state index in [2.05, 4.69) is 15.0 Å². The monoisotopic (exact) mass is 373 g/mol. The van der Waals surface area contributed by atoms with Crippen molar-refractivity contribution in [3.05, 3.63) is 77.4 Å². The lowest BCUT2D eigenvalue weighted by Gasteiger charge is -2.08. The Labute approximate surface area is 149 Å². The van der Waals surface area contributed by atoms with Crippen LogP contribution in [0.5, 0.6) is 0 Å². The van der Waals surface area contributed by atoms with Crippen LogP contribution in [-0.4, -0.2) is 19.3 Å². The molecule has 3 rings (SSSR count). The third kappa shape index (κ3) is 4.43. The molecule has 0 saturated heterocycles. The highest BCUT2D eigenvalue weighted by Gasteiger charge is 2.15. The van der Waals surface area contributed by atoms with E-state index in [0.717, 1.165) is 17.0 Å². The number of aromatic nitrogens is 1. The van der Waals surface area contributed by atoms with Crippen molar-refractivity contribution in [2.45, 2.75) is 10.8 Å². The van der Waals surface area contributed by atoms with E-state index in [1.807, 2.05) is 12.1 Å². The summed E-state index contributed by atoms with van der Waals surface area (Å²) in [5.74, 6) is -0.252. The maximum Gasteiger partial charge on any atom is 0.271 e. The van der Waals surface area contributed by atoms with Crippen LogP contribution in [0.1, 0.15) is 16.1 Å². The molecular weight excluding hydrogens is 358 g/mol. The molecule has 2 heterocycles. The van der Waals surface area contributed by atoms with E-state index < -0.39 is 10.0 Å². The van der Waals surface area contributed by atoms with E-state index in [1.165, 1.54) is 6.07 Å². The fourth-order valence-corrected chi connectivity index (χ4v) is 4.14. The topological polar surface area (TPSA) is 88.2 Å². The summed E-state index contributed by atoms with van der Waals surface area (Å²) in [6.07, 6.45) is 1.66. The van der Waals surface area contributed by atoms with Gasteiger partial charge >= 0.3 is 0 Å². The lowest BCUT2D eigenvalue weighted by atomic mass is 10.2. The van der Waals surface area contributed by atoms with Gasteiger partial charge in [-0.3, -0.25) is 14.5 Å². The van der Waals surface area contributed by atoms with Crippen LogP contribution in [0.2, 0.25) is 0 Å². The highest BCUT2D eigenvalue weighted by atomic mass is 32.2. The molecule has 0 aliphatic heterocycles. The van der Waals surface area contributed by atoms with Gasteiger partial charge in [0, 0.05) is 17.4 Å². The minimum atomic E-state index is -3.59. The zero-order valence-electron chi connectivity index (χ0n) is 13.0. The van der Waals surface area contributed by atoms with E-state index >= 15 is 0 Å². The summed E-state index contributed by atoms with van der Waals surface area (Å²) >= 11 is 1.14. The number of carbonyl (C=O) groups excluding carboxylic acids is 1. The second-order valence-electron chi connectivity index (χ2n) is 5.12. The molecule has 0 saturated carbocycles. The van der Waals surface area contributed by atoms with Crippen molar-refractivity contribution in [1.29, 1.82) is 0 Å². The summed E-state index contributed by atoms with van der Waals surface area (Å²) in [7, 11) is -3.59. The first-order valence-corrected chi connectivity index (χ1v) is 9.75. The van der Waals surface area contributed by atoms with Crippen LogP contribution >= 0.6 is 11.3 Å². The Morgan fingerprint density at radius 3 is 2.48 bits per heavy atom. The summed E-state index contributed by atoms with van der Waals surface area (Å²) in [5, 5.41) is 4.46. The third-order valence-electron chi connectivity index (χ3n) is 3.32. The first-order chi connectivity index (χ1) is 12.0. The van der Waals surface area contributed by atoms with Crippen LogP contribution in [0.25, 0.3) is 0 Å². The minimum Gasteiger partial charge on any atom is -0.346 e. The number of sulfonamides is 1. The maximum absolute atomic E-state index is 12.2. The summed E-state index contributed by atoms with van der Waals surface area (Å²) in [6, 6.07) is 14.9. The van der Waals surface area contributed by atoms with E-state index in [4.69, 9.17) is 0 Å². The number of benzene rings is 1. The predicted molar refractivity (Wildman–Crippen MR) is 97.0 cm³/mol. The Balaban J connectivity index is 1.63. The number of pyridine rings is 1.